The molecule has 0 aliphatic heterocycles. The highest BCUT2D eigenvalue weighted by atomic mass is 127. The van der Waals surface area contributed by atoms with Gasteiger partial charge in [-0.25, -0.2) is 0 Å². The first kappa shape index (κ1) is 12.3. The minimum absolute atomic E-state index is 0.357. The molecule has 0 aromatic rings. The summed E-state index contributed by atoms with van der Waals surface area (Å²) >= 11 is 4.83. The molecule has 1 N–H and O–H groups in total. The second-order valence-electron chi connectivity index (χ2n) is 1.06. The Labute approximate surface area is 79.6 Å². The Morgan fingerprint density at radius 2 is 1.50 bits per heavy atom. The number of rotatable bonds is 2. The van der Waals surface area contributed by atoms with E-state index in [0.717, 1.165) is 13.1 Å². The molecule has 0 unspecified atom stereocenters. The summed E-state index contributed by atoms with van der Waals surface area (Å²) in [6.07, 6.45) is 0. The summed E-state index contributed by atoms with van der Waals surface area (Å²) in [6, 6.07) is 0. The fourth-order valence-electron chi connectivity index (χ4n) is 0.250. The van der Waals surface area contributed by atoms with E-state index in [9.17, 15) is 0 Å². The van der Waals surface area contributed by atoms with Crippen molar-refractivity contribution in [3.8, 4) is 0 Å². The quantitative estimate of drug-likeness (QED) is 0.449. The maximum Gasteiger partial charge on any atom is 0.162 e. The summed E-state index contributed by atoms with van der Waals surface area (Å²) in [5, 5.41) is 3.11. The molecule has 0 rings (SSSR count). The zero-order valence-electron chi connectivity index (χ0n) is 5.38. The highest BCUT2D eigenvalue weighted by molar-refractivity contribution is 14.3. The molecule has 8 heavy (non-hydrogen) atoms. The van der Waals surface area contributed by atoms with Gasteiger partial charge in [0.25, 0.3) is 0 Å². The molecular weight excluding hydrogens is 344 g/mol. The summed E-state index contributed by atoms with van der Waals surface area (Å²) in [6.45, 7) is 6.39. The van der Waals surface area contributed by atoms with E-state index < -0.39 is 0 Å². The molecule has 0 aromatic carbocycles. The van der Waals surface area contributed by atoms with Crippen molar-refractivity contribution in [1.82, 2.24) is 5.32 Å². The summed E-state index contributed by atoms with van der Waals surface area (Å²) in [5.74, 6) is 0. The van der Waals surface area contributed by atoms with Gasteiger partial charge in [0.15, 0.2) is 4.51 Å². The van der Waals surface area contributed by atoms with Gasteiger partial charge in [-0.3, -0.25) is 0 Å². The van der Waals surface area contributed by atoms with Crippen LogP contribution in [0.25, 0.3) is 0 Å². The lowest BCUT2D eigenvalue weighted by molar-refractivity contribution is 0.762. The van der Waals surface area contributed by atoms with E-state index in [-0.39, 0.29) is 0 Å². The molecule has 4 heteroatoms. The fourth-order valence-corrected chi connectivity index (χ4v) is 0.250. The first-order chi connectivity index (χ1) is 3.83. The lowest BCUT2D eigenvalue weighted by Gasteiger charge is -1.86. The van der Waals surface area contributed by atoms with E-state index in [1.54, 1.807) is 0 Å². The lowest BCUT2D eigenvalue weighted by Crippen LogP contribution is -2.09. The Morgan fingerprint density at radius 3 is 1.50 bits per heavy atom. The van der Waals surface area contributed by atoms with Crippen LogP contribution in [0.3, 0.4) is 0 Å². The van der Waals surface area contributed by atoms with Crippen LogP contribution in [0.15, 0.2) is 0 Å². The summed E-state index contributed by atoms with van der Waals surface area (Å²) < 4.78 is 0.357. The van der Waals surface area contributed by atoms with Crippen molar-refractivity contribution >= 4 is 48.1 Å². The topological polar surface area (TPSA) is 12.0 Å². The van der Waals surface area contributed by atoms with Crippen molar-refractivity contribution in [3.05, 3.63) is 0 Å². The molecule has 0 saturated heterocycles. The smallest absolute Gasteiger partial charge is 0.162 e. The monoisotopic (exact) mass is 357 g/mol. The molecule has 0 fully saturated rings. The third-order valence-corrected chi connectivity index (χ3v) is 0.500. The Kier molecular flexibility index (Phi) is 24.4. The highest BCUT2D eigenvalue weighted by Gasteiger charge is 1.62. The van der Waals surface area contributed by atoms with E-state index in [0.29, 0.717) is 4.51 Å². The molecular formula is C4H13I2NSi. The van der Waals surface area contributed by atoms with Crippen LogP contribution in [0.2, 0.25) is 0 Å². The second kappa shape index (κ2) is 15.9. The first-order valence-electron chi connectivity index (χ1n) is 2.66. The maximum atomic E-state index is 3.11. The summed E-state index contributed by atoms with van der Waals surface area (Å²) in [4.78, 5) is 0. The molecule has 0 bridgehead atoms. The summed E-state index contributed by atoms with van der Waals surface area (Å²) in [7, 11) is 0. The zero-order valence-corrected chi connectivity index (χ0v) is 11.1. The van der Waals surface area contributed by atoms with Crippen molar-refractivity contribution in [2.75, 3.05) is 13.1 Å². The largest absolute Gasteiger partial charge is 0.317 e. The van der Waals surface area contributed by atoms with Crippen LogP contribution in [-0.4, -0.2) is 17.6 Å². The van der Waals surface area contributed by atoms with E-state index in [1.807, 2.05) is 0 Å². The molecule has 52 valence electrons. The minimum Gasteiger partial charge on any atom is -0.317 e. The van der Waals surface area contributed by atoms with Crippen LogP contribution < -0.4 is 5.32 Å². The van der Waals surface area contributed by atoms with Crippen molar-refractivity contribution in [2.24, 2.45) is 0 Å². The van der Waals surface area contributed by atoms with Crippen molar-refractivity contribution < 1.29 is 0 Å². The predicted molar refractivity (Wildman–Crippen MR) is 60.8 cm³/mol. The average molecular weight is 357 g/mol. The van der Waals surface area contributed by atoms with Crippen LogP contribution in [-0.2, 0) is 0 Å². The van der Waals surface area contributed by atoms with Crippen LogP contribution in [0.1, 0.15) is 13.8 Å². The summed E-state index contributed by atoms with van der Waals surface area (Å²) in [5.41, 5.74) is 0. The van der Waals surface area contributed by atoms with Crippen LogP contribution in [0.4, 0.5) is 0 Å². The van der Waals surface area contributed by atoms with Gasteiger partial charge in [-0.1, -0.05) is 13.8 Å². The van der Waals surface area contributed by atoms with Crippen LogP contribution >= 0.6 is 43.6 Å². The van der Waals surface area contributed by atoms with Crippen LogP contribution in [0.5, 0.6) is 0 Å². The molecule has 0 aromatic heterocycles. The Morgan fingerprint density at radius 1 is 1.25 bits per heavy atom. The first-order valence-corrected chi connectivity index (χ1v) is 12.9. The molecule has 0 atom stereocenters. The molecule has 0 aliphatic carbocycles. The lowest BCUT2D eigenvalue weighted by atomic mass is 10.7. The van der Waals surface area contributed by atoms with Gasteiger partial charge >= 0.3 is 0 Å². The van der Waals surface area contributed by atoms with Gasteiger partial charge < -0.3 is 5.32 Å². The van der Waals surface area contributed by atoms with E-state index in [4.69, 9.17) is 0 Å². The van der Waals surface area contributed by atoms with E-state index >= 15 is 0 Å². The maximum absolute atomic E-state index is 3.11. The third kappa shape index (κ3) is 25.4. The Bertz CT molecular complexity index is 28.0. The predicted octanol–water partition coefficient (Wildman–Crippen LogP) is 1.47. The molecule has 0 saturated carbocycles. The highest BCUT2D eigenvalue weighted by Crippen LogP contribution is 1.80. The van der Waals surface area contributed by atoms with Crippen molar-refractivity contribution in [1.29, 1.82) is 0 Å². The van der Waals surface area contributed by atoms with Gasteiger partial charge in [0, 0.05) is 0 Å². The molecule has 1 nitrogen and oxygen atoms in total. The van der Waals surface area contributed by atoms with Crippen molar-refractivity contribution in [2.45, 2.75) is 13.8 Å². The third-order valence-electron chi connectivity index (χ3n) is 0.500. The van der Waals surface area contributed by atoms with Crippen LogP contribution in [0, 0.1) is 0 Å². The average Bonchev–Trinajstić information content (AvgIpc) is 1.71. The number of nitrogens with one attached hydrogen (secondary N) is 1. The van der Waals surface area contributed by atoms with Crippen molar-refractivity contribution in [3.63, 3.8) is 0 Å². The van der Waals surface area contributed by atoms with Gasteiger partial charge in [0.2, 0.25) is 0 Å². The Balaban J connectivity index is 0. The zero-order chi connectivity index (χ0) is 6.83. The second-order valence-corrected chi connectivity index (χ2v) is 14.6. The molecule has 0 heterocycles. The fraction of sp³-hybridized carbons (Fsp3) is 1.00. The molecule has 0 spiro atoms. The Hall–Kier alpha value is 1.64. The number of halogens is 2. The van der Waals surface area contributed by atoms with Gasteiger partial charge in [0.05, 0.1) is 0 Å². The van der Waals surface area contributed by atoms with Gasteiger partial charge in [-0.05, 0) is 13.1 Å². The van der Waals surface area contributed by atoms with E-state index in [2.05, 4.69) is 62.8 Å². The minimum atomic E-state index is 0.357. The molecule has 0 amide bonds. The number of hydrogen-bond donors (Lipinski definition) is 1. The molecule has 0 aliphatic rings. The molecule has 0 radical (unpaired) electrons. The SMILES string of the molecule is CCNCC.I[SiH2]I. The normalized spacial score (nSPS) is 7.50. The van der Waals surface area contributed by atoms with Gasteiger partial charge in [-0.15, -0.1) is 43.6 Å². The van der Waals surface area contributed by atoms with Gasteiger partial charge in [0.1, 0.15) is 0 Å². The van der Waals surface area contributed by atoms with Gasteiger partial charge in [-0.2, -0.15) is 0 Å². The standard InChI is InChI=1S/C4H11N.H2I2Si/c1-3-5-4-2;1-3-2/h5H,3-4H2,1-2H3;3H2. The number of hydrogen-bond acceptors (Lipinski definition) is 1. The van der Waals surface area contributed by atoms with E-state index in [1.165, 1.54) is 0 Å².